The molecule has 0 spiro atoms. The van der Waals surface area contributed by atoms with E-state index in [1.54, 1.807) is 42.5 Å². The average Bonchev–Trinajstić information content (AvgIpc) is 3.03. The molecule has 5 rings (SSSR count). The van der Waals surface area contributed by atoms with Crippen LogP contribution in [0.5, 0.6) is 17.2 Å². The molecule has 1 atom stereocenters. The summed E-state index contributed by atoms with van der Waals surface area (Å²) >= 11 is 0. The van der Waals surface area contributed by atoms with Gasteiger partial charge in [-0.05, 0) is 70.8 Å². The van der Waals surface area contributed by atoms with Gasteiger partial charge in [-0.2, -0.15) is 0 Å². The molecule has 11 heteroatoms. The first-order valence-electron chi connectivity index (χ1n) is 11.1. The molecule has 0 saturated heterocycles. The Kier molecular flexibility index (Phi) is 6.31. The second-order valence-electron chi connectivity index (χ2n) is 8.34. The highest BCUT2D eigenvalue weighted by Gasteiger charge is 2.40. The normalized spacial score (nSPS) is 15.6. The molecule has 1 aliphatic heterocycles. The van der Waals surface area contributed by atoms with E-state index in [9.17, 15) is 22.0 Å². The minimum Gasteiger partial charge on any atom is -0.497 e. The van der Waals surface area contributed by atoms with Crippen molar-refractivity contribution in [3.05, 3.63) is 83.7 Å². The number of hydrogen-bond donors (Lipinski definition) is 1. The lowest BCUT2D eigenvalue weighted by Gasteiger charge is -2.25. The van der Waals surface area contributed by atoms with Crippen molar-refractivity contribution in [1.29, 1.82) is 0 Å². The van der Waals surface area contributed by atoms with Crippen LogP contribution in [-0.4, -0.2) is 21.3 Å². The van der Waals surface area contributed by atoms with E-state index in [-0.39, 0.29) is 22.1 Å². The molecule has 1 heterocycles. The van der Waals surface area contributed by atoms with Crippen LogP contribution >= 0.6 is 7.29 Å². The molecule has 4 aromatic carbocycles. The number of ether oxygens (including phenoxy) is 3. The molecule has 0 unspecified atom stereocenters. The third-order valence-electron chi connectivity index (χ3n) is 6.37. The highest BCUT2D eigenvalue weighted by Crippen LogP contribution is 2.54. The predicted molar refractivity (Wildman–Crippen MR) is 134 cm³/mol. The molecule has 0 radical (unpaired) electrons. The number of rotatable bonds is 5. The van der Waals surface area contributed by atoms with Crippen LogP contribution in [0.4, 0.5) is 27.6 Å². The Morgan fingerprint density at radius 1 is 0.553 bits per heavy atom. The van der Waals surface area contributed by atoms with E-state index in [0.717, 1.165) is 0 Å². The first kappa shape index (κ1) is 25.6. The standard InChI is InChI=1S/C27H19F5NO4P/c1-35-13-4-7-16-17-8-5-14(36-2)11-20(17)38(34,21-12-15(37-3)6-9-18(21)19(16)10-13)33-27-25(31)23(29)22(28)24(30)26(27)32/h4-12H,1-3H3,(H,33,34)/t38-/m1/s1. The number of hydrogen-bond acceptors (Lipinski definition) is 4. The van der Waals surface area contributed by atoms with Crippen molar-refractivity contribution < 1.29 is 40.7 Å². The maximum atomic E-state index is 15.1. The summed E-state index contributed by atoms with van der Waals surface area (Å²) in [5.74, 6) is -9.97. The lowest BCUT2D eigenvalue weighted by Crippen LogP contribution is -2.25. The third-order valence-corrected chi connectivity index (χ3v) is 9.01. The summed E-state index contributed by atoms with van der Waals surface area (Å²) in [7, 11) is -0.225. The van der Waals surface area contributed by atoms with Crippen LogP contribution in [-0.2, 0) is 4.57 Å². The van der Waals surface area contributed by atoms with Crippen LogP contribution in [0, 0.1) is 29.1 Å². The Balaban J connectivity index is 1.92. The highest BCUT2D eigenvalue weighted by molar-refractivity contribution is 7.80. The fourth-order valence-electron chi connectivity index (χ4n) is 4.47. The molecule has 0 aromatic heterocycles. The van der Waals surface area contributed by atoms with Crippen molar-refractivity contribution in [1.82, 2.24) is 0 Å². The van der Waals surface area contributed by atoms with Gasteiger partial charge in [0.2, 0.25) is 13.1 Å². The van der Waals surface area contributed by atoms with Gasteiger partial charge in [-0.1, -0.05) is 6.07 Å². The van der Waals surface area contributed by atoms with Crippen molar-refractivity contribution in [2.24, 2.45) is 0 Å². The van der Waals surface area contributed by atoms with E-state index in [1.807, 2.05) is 0 Å². The van der Waals surface area contributed by atoms with Gasteiger partial charge in [-0.25, -0.2) is 22.0 Å². The molecule has 0 fully saturated rings. The van der Waals surface area contributed by atoms with Crippen LogP contribution in [0.1, 0.15) is 0 Å². The molecular weight excluding hydrogens is 528 g/mol. The van der Waals surface area contributed by atoms with E-state index in [4.69, 9.17) is 14.2 Å². The van der Waals surface area contributed by atoms with Crippen molar-refractivity contribution in [2.75, 3.05) is 26.4 Å². The summed E-state index contributed by atoms with van der Waals surface area (Å²) in [6.45, 7) is 0. The molecule has 4 aromatic rings. The van der Waals surface area contributed by atoms with Crippen molar-refractivity contribution in [2.45, 2.75) is 0 Å². The first-order chi connectivity index (χ1) is 18.1. The Hall–Kier alpha value is -4.04. The van der Waals surface area contributed by atoms with Crippen LogP contribution < -0.4 is 29.9 Å². The van der Waals surface area contributed by atoms with E-state index in [2.05, 4.69) is 5.09 Å². The largest absolute Gasteiger partial charge is 0.497 e. The van der Waals surface area contributed by atoms with E-state index < -0.39 is 42.1 Å². The number of nitrogens with one attached hydrogen (secondary N) is 1. The molecule has 0 amide bonds. The second-order valence-corrected chi connectivity index (χ2v) is 10.7. The molecule has 0 saturated carbocycles. The zero-order chi connectivity index (χ0) is 27.4. The van der Waals surface area contributed by atoms with Gasteiger partial charge in [-0.15, -0.1) is 0 Å². The third kappa shape index (κ3) is 3.79. The van der Waals surface area contributed by atoms with Crippen LogP contribution in [0.15, 0.2) is 54.6 Å². The number of anilines is 1. The Bertz CT molecular complexity index is 1630. The van der Waals surface area contributed by atoms with Gasteiger partial charge in [0.15, 0.2) is 23.3 Å². The highest BCUT2D eigenvalue weighted by atomic mass is 31.2. The quantitative estimate of drug-likeness (QED) is 0.136. The van der Waals surface area contributed by atoms with Crippen molar-refractivity contribution in [3.63, 3.8) is 0 Å². The number of fused-ring (bicyclic) bond motifs is 5. The lowest BCUT2D eigenvalue weighted by atomic mass is 9.94. The zero-order valence-corrected chi connectivity index (χ0v) is 21.1. The molecule has 196 valence electrons. The van der Waals surface area contributed by atoms with Gasteiger partial charge in [0.1, 0.15) is 22.9 Å². The van der Waals surface area contributed by atoms with Crippen molar-refractivity contribution in [3.8, 4) is 39.5 Å². The zero-order valence-electron chi connectivity index (χ0n) is 20.2. The Labute approximate surface area is 214 Å². The van der Waals surface area contributed by atoms with E-state index in [1.165, 1.54) is 33.5 Å². The number of benzene rings is 4. The molecule has 0 bridgehead atoms. The topological polar surface area (TPSA) is 56.8 Å². The smallest absolute Gasteiger partial charge is 0.228 e. The lowest BCUT2D eigenvalue weighted by molar-refractivity contribution is 0.382. The van der Waals surface area contributed by atoms with Gasteiger partial charge >= 0.3 is 0 Å². The molecule has 38 heavy (non-hydrogen) atoms. The van der Waals surface area contributed by atoms with Crippen LogP contribution in [0.25, 0.3) is 22.3 Å². The van der Waals surface area contributed by atoms with Gasteiger partial charge in [0.25, 0.3) is 0 Å². The van der Waals surface area contributed by atoms with Gasteiger partial charge in [-0.3, -0.25) is 4.57 Å². The molecule has 1 aliphatic rings. The van der Waals surface area contributed by atoms with Crippen molar-refractivity contribution >= 4 is 23.6 Å². The predicted octanol–water partition coefficient (Wildman–Crippen LogP) is 6.40. The van der Waals surface area contributed by atoms with Gasteiger partial charge in [0, 0.05) is 10.6 Å². The van der Waals surface area contributed by atoms with E-state index in [0.29, 0.717) is 28.0 Å². The summed E-state index contributed by atoms with van der Waals surface area (Å²) < 4.78 is 103. The van der Waals surface area contributed by atoms with Gasteiger partial charge < -0.3 is 19.3 Å². The number of methoxy groups -OCH3 is 3. The summed E-state index contributed by atoms with van der Waals surface area (Å²) in [6, 6.07) is 14.3. The fraction of sp³-hybridized carbons (Fsp3) is 0.111. The SMILES string of the molecule is COc1ccc2c(c1)-c1ccc(OC)cc1[P@@](=O)(Nc1c(F)c(F)c(F)c(F)c1F)c1cc(OC)ccc1-2. The summed E-state index contributed by atoms with van der Waals surface area (Å²) in [4.78, 5) is 0. The summed E-state index contributed by atoms with van der Waals surface area (Å²) in [6.07, 6.45) is 0. The maximum Gasteiger partial charge on any atom is 0.228 e. The molecule has 5 nitrogen and oxygen atoms in total. The monoisotopic (exact) mass is 547 g/mol. The molecule has 1 N–H and O–H groups in total. The summed E-state index contributed by atoms with van der Waals surface area (Å²) in [5, 5.41) is 2.28. The van der Waals surface area contributed by atoms with Crippen LogP contribution in [0.2, 0.25) is 0 Å². The Morgan fingerprint density at radius 2 is 0.947 bits per heavy atom. The summed E-state index contributed by atoms with van der Waals surface area (Å²) in [5.41, 5.74) is 0.487. The van der Waals surface area contributed by atoms with E-state index >= 15 is 4.57 Å². The minimum atomic E-state index is -4.44. The second kappa shape index (κ2) is 9.36. The molecule has 0 aliphatic carbocycles. The number of halogens is 5. The maximum absolute atomic E-state index is 15.1. The minimum absolute atomic E-state index is 0.0160. The average molecular weight is 547 g/mol. The molecular formula is C27H19F5NO4P. The van der Waals surface area contributed by atoms with Crippen LogP contribution in [0.3, 0.4) is 0 Å². The fourth-order valence-corrected chi connectivity index (χ4v) is 7.17. The first-order valence-corrected chi connectivity index (χ1v) is 12.8. The Morgan fingerprint density at radius 3 is 1.42 bits per heavy atom. The van der Waals surface area contributed by atoms with Gasteiger partial charge in [0.05, 0.1) is 21.3 Å².